The van der Waals surface area contributed by atoms with Gasteiger partial charge in [0.2, 0.25) is 0 Å². The van der Waals surface area contributed by atoms with Gasteiger partial charge >= 0.3 is 0 Å². The quantitative estimate of drug-likeness (QED) is 0.865. The summed E-state index contributed by atoms with van der Waals surface area (Å²) in [5.41, 5.74) is 1.78. The van der Waals surface area contributed by atoms with Gasteiger partial charge in [-0.25, -0.2) is 4.98 Å². The highest BCUT2D eigenvalue weighted by Crippen LogP contribution is 2.28. The second kappa shape index (κ2) is 5.53. The summed E-state index contributed by atoms with van der Waals surface area (Å²) in [6, 6.07) is 8.09. The molecule has 86 valence electrons. The van der Waals surface area contributed by atoms with Crippen molar-refractivity contribution >= 4 is 11.8 Å². The van der Waals surface area contributed by atoms with E-state index >= 15 is 0 Å². The molecule has 0 saturated carbocycles. The minimum absolute atomic E-state index is 0.680. The number of benzene rings is 1. The van der Waals surface area contributed by atoms with Crippen LogP contribution in [0, 0.1) is 11.3 Å². The van der Waals surface area contributed by atoms with Crippen molar-refractivity contribution in [3.63, 3.8) is 0 Å². The van der Waals surface area contributed by atoms with E-state index in [0.29, 0.717) is 5.56 Å². The second-order valence-electron chi connectivity index (χ2n) is 3.47. The number of nitrogens with zero attached hydrogens (tertiary/aromatic N) is 2. The van der Waals surface area contributed by atoms with E-state index in [1.807, 2.05) is 25.2 Å². The predicted octanol–water partition coefficient (Wildman–Crippen LogP) is 2.15. The number of hydrogen-bond acceptors (Lipinski definition) is 4. The van der Waals surface area contributed by atoms with E-state index in [1.165, 1.54) is 11.8 Å². The Bertz CT molecular complexity index is 528. The largest absolute Gasteiger partial charge is 0.339 e. The van der Waals surface area contributed by atoms with Gasteiger partial charge in [-0.15, -0.1) is 0 Å². The first-order chi connectivity index (χ1) is 8.33. The summed E-state index contributed by atoms with van der Waals surface area (Å²) in [6.45, 7) is 0.764. The molecule has 2 rings (SSSR count). The van der Waals surface area contributed by atoms with Gasteiger partial charge in [0.15, 0.2) is 5.16 Å². The number of nitriles is 1. The van der Waals surface area contributed by atoms with Crippen molar-refractivity contribution in [3.05, 3.63) is 41.7 Å². The minimum atomic E-state index is 0.680. The lowest BCUT2D eigenvalue weighted by Crippen LogP contribution is -2.05. The molecule has 5 heteroatoms. The maximum absolute atomic E-state index is 9.13. The zero-order valence-electron chi connectivity index (χ0n) is 9.40. The Labute approximate surface area is 104 Å². The Hall–Kier alpha value is -1.77. The van der Waals surface area contributed by atoms with Crippen molar-refractivity contribution in [3.8, 4) is 6.07 Å². The van der Waals surface area contributed by atoms with E-state index in [4.69, 9.17) is 5.26 Å². The molecule has 0 fully saturated rings. The summed E-state index contributed by atoms with van der Waals surface area (Å²) in [6.07, 6.45) is 3.47. The number of hydrogen-bond donors (Lipinski definition) is 2. The average molecular weight is 244 g/mol. The number of aromatic amines is 1. The molecule has 0 aliphatic rings. The van der Waals surface area contributed by atoms with E-state index in [0.717, 1.165) is 22.2 Å². The van der Waals surface area contributed by atoms with Gasteiger partial charge in [-0.2, -0.15) is 5.26 Å². The summed E-state index contributed by atoms with van der Waals surface area (Å²) < 4.78 is 0. The van der Waals surface area contributed by atoms with E-state index in [9.17, 15) is 0 Å². The summed E-state index contributed by atoms with van der Waals surface area (Å²) >= 11 is 1.46. The van der Waals surface area contributed by atoms with Crippen LogP contribution in [0.2, 0.25) is 0 Å². The zero-order chi connectivity index (χ0) is 12.1. The smallest absolute Gasteiger partial charge is 0.170 e. The fourth-order valence-corrected chi connectivity index (χ4v) is 2.28. The van der Waals surface area contributed by atoms with Gasteiger partial charge in [0.1, 0.15) is 6.07 Å². The van der Waals surface area contributed by atoms with E-state index in [2.05, 4.69) is 21.4 Å². The average Bonchev–Trinajstić information content (AvgIpc) is 2.84. The third kappa shape index (κ3) is 2.87. The zero-order valence-corrected chi connectivity index (χ0v) is 10.2. The number of nitrogens with one attached hydrogen (secondary N) is 2. The molecule has 0 saturated heterocycles. The molecule has 2 aromatic rings. The van der Waals surface area contributed by atoms with Crippen LogP contribution in [0.15, 0.2) is 40.6 Å². The molecular formula is C12H12N4S. The molecule has 0 aliphatic heterocycles. The van der Waals surface area contributed by atoms with Crippen LogP contribution in [-0.2, 0) is 6.54 Å². The second-order valence-corrected chi connectivity index (χ2v) is 4.50. The maximum Gasteiger partial charge on any atom is 0.170 e. The molecule has 0 amide bonds. The van der Waals surface area contributed by atoms with Gasteiger partial charge in [-0.3, -0.25) is 0 Å². The Morgan fingerprint density at radius 1 is 1.53 bits per heavy atom. The van der Waals surface area contributed by atoms with Crippen molar-refractivity contribution in [1.29, 1.82) is 5.26 Å². The van der Waals surface area contributed by atoms with Crippen LogP contribution in [0.4, 0.5) is 0 Å². The molecule has 0 atom stereocenters. The fourth-order valence-electron chi connectivity index (χ4n) is 1.48. The number of imidazole rings is 1. The lowest BCUT2D eigenvalue weighted by atomic mass is 10.1. The molecular weight excluding hydrogens is 232 g/mol. The number of H-pyrrole nitrogens is 1. The Balaban J connectivity index is 2.25. The molecule has 1 aromatic carbocycles. The predicted molar refractivity (Wildman–Crippen MR) is 66.6 cm³/mol. The molecule has 0 radical (unpaired) electrons. The van der Waals surface area contributed by atoms with Crippen LogP contribution in [0.25, 0.3) is 0 Å². The number of aromatic nitrogens is 2. The SMILES string of the molecule is CNCc1ccc(Sc2ncc[nH]2)c(C#N)c1. The lowest BCUT2D eigenvalue weighted by Gasteiger charge is -2.05. The molecule has 4 nitrogen and oxygen atoms in total. The molecule has 0 bridgehead atoms. The summed E-state index contributed by atoms with van der Waals surface area (Å²) in [4.78, 5) is 8.06. The highest BCUT2D eigenvalue weighted by atomic mass is 32.2. The first kappa shape index (κ1) is 11.7. The minimum Gasteiger partial charge on any atom is -0.339 e. The van der Waals surface area contributed by atoms with Crippen LogP contribution < -0.4 is 5.32 Å². The molecule has 1 heterocycles. The van der Waals surface area contributed by atoms with E-state index in [-0.39, 0.29) is 0 Å². The first-order valence-electron chi connectivity index (χ1n) is 5.18. The van der Waals surface area contributed by atoms with Gasteiger partial charge in [-0.05, 0) is 24.7 Å². The Morgan fingerprint density at radius 2 is 2.41 bits per heavy atom. The maximum atomic E-state index is 9.13. The van der Waals surface area contributed by atoms with Crippen LogP contribution >= 0.6 is 11.8 Å². The third-order valence-corrected chi connectivity index (χ3v) is 3.22. The molecule has 0 unspecified atom stereocenters. The van der Waals surface area contributed by atoms with Gasteiger partial charge in [-0.1, -0.05) is 17.8 Å². The van der Waals surface area contributed by atoms with E-state index in [1.54, 1.807) is 12.4 Å². The van der Waals surface area contributed by atoms with Gasteiger partial charge < -0.3 is 10.3 Å². The molecule has 0 aliphatic carbocycles. The topological polar surface area (TPSA) is 64.5 Å². The van der Waals surface area contributed by atoms with Crippen LogP contribution in [0.3, 0.4) is 0 Å². The van der Waals surface area contributed by atoms with Crippen LogP contribution in [-0.4, -0.2) is 17.0 Å². The van der Waals surface area contributed by atoms with Gasteiger partial charge in [0.05, 0.1) is 5.56 Å². The normalized spacial score (nSPS) is 10.1. The molecule has 1 aromatic heterocycles. The van der Waals surface area contributed by atoms with Crippen LogP contribution in [0.5, 0.6) is 0 Å². The molecule has 0 spiro atoms. The Kier molecular flexibility index (Phi) is 3.81. The Morgan fingerprint density at radius 3 is 3.06 bits per heavy atom. The van der Waals surface area contributed by atoms with Crippen molar-refractivity contribution < 1.29 is 0 Å². The third-order valence-electron chi connectivity index (χ3n) is 2.23. The summed E-state index contributed by atoms with van der Waals surface area (Å²) in [7, 11) is 1.89. The fraction of sp³-hybridized carbons (Fsp3) is 0.167. The highest BCUT2D eigenvalue weighted by molar-refractivity contribution is 7.99. The molecule has 2 N–H and O–H groups in total. The monoisotopic (exact) mass is 244 g/mol. The lowest BCUT2D eigenvalue weighted by molar-refractivity contribution is 0.816. The van der Waals surface area contributed by atoms with Crippen molar-refractivity contribution in [2.75, 3.05) is 7.05 Å². The number of rotatable bonds is 4. The van der Waals surface area contributed by atoms with Crippen molar-refractivity contribution in [2.24, 2.45) is 0 Å². The standard InChI is InChI=1S/C12H12N4S/c1-14-8-9-2-3-11(10(6-9)7-13)17-12-15-4-5-16-12/h2-6,14H,8H2,1H3,(H,15,16). The summed E-state index contributed by atoms with van der Waals surface area (Å²) in [5.74, 6) is 0. The highest BCUT2D eigenvalue weighted by Gasteiger charge is 2.06. The molecule has 17 heavy (non-hydrogen) atoms. The first-order valence-corrected chi connectivity index (χ1v) is 6.00. The van der Waals surface area contributed by atoms with Gasteiger partial charge in [0.25, 0.3) is 0 Å². The summed E-state index contributed by atoms with van der Waals surface area (Å²) in [5, 5.41) is 13.0. The van der Waals surface area contributed by atoms with Gasteiger partial charge in [0, 0.05) is 23.8 Å². The van der Waals surface area contributed by atoms with Crippen LogP contribution in [0.1, 0.15) is 11.1 Å². The van der Waals surface area contributed by atoms with Crippen molar-refractivity contribution in [2.45, 2.75) is 16.6 Å². The van der Waals surface area contributed by atoms with E-state index < -0.39 is 0 Å². The van der Waals surface area contributed by atoms with Crippen molar-refractivity contribution in [1.82, 2.24) is 15.3 Å².